The minimum atomic E-state index is -0.193. The number of hydrogen-bond donors (Lipinski definition) is 2. The van der Waals surface area contributed by atoms with Crippen LogP contribution in [0.5, 0.6) is 0 Å². The zero-order chi connectivity index (χ0) is 15.8. The van der Waals surface area contributed by atoms with Crippen molar-refractivity contribution in [3.8, 4) is 0 Å². The van der Waals surface area contributed by atoms with E-state index in [0.717, 1.165) is 0 Å². The van der Waals surface area contributed by atoms with E-state index in [1.165, 1.54) is 23.2 Å². The minimum absolute atomic E-state index is 0.0701. The number of rotatable bonds is 7. The molecule has 0 radical (unpaired) electrons. The maximum Gasteiger partial charge on any atom is 0.229 e. The predicted molar refractivity (Wildman–Crippen MR) is 78.9 cm³/mol. The zero-order valence-corrected chi connectivity index (χ0v) is 13.1. The normalized spacial score (nSPS) is 10.0. The molecule has 0 saturated carbocycles. The molecule has 1 aromatic rings. The molecule has 1 rings (SSSR count). The van der Waals surface area contributed by atoms with E-state index in [9.17, 15) is 14.4 Å². The fraction of sp³-hybridized carbons (Fsp3) is 0.583. The van der Waals surface area contributed by atoms with Crippen LogP contribution in [0.4, 0.5) is 5.13 Å². The van der Waals surface area contributed by atoms with Crippen LogP contribution in [0.2, 0.25) is 0 Å². The van der Waals surface area contributed by atoms with Crippen molar-refractivity contribution in [2.24, 2.45) is 0 Å². The number of nitrogens with zero attached hydrogens (tertiary/aromatic N) is 3. The van der Waals surface area contributed by atoms with E-state index in [-0.39, 0.29) is 30.6 Å². The van der Waals surface area contributed by atoms with Gasteiger partial charge in [0.2, 0.25) is 22.9 Å². The van der Waals surface area contributed by atoms with Gasteiger partial charge in [-0.15, -0.1) is 10.2 Å². The lowest BCUT2D eigenvalue weighted by Crippen LogP contribution is -2.23. The molecule has 2 N–H and O–H groups in total. The van der Waals surface area contributed by atoms with E-state index in [4.69, 9.17) is 0 Å². The second-order valence-electron chi connectivity index (χ2n) is 4.60. The van der Waals surface area contributed by atoms with Crippen LogP contribution in [0, 0.1) is 0 Å². The van der Waals surface area contributed by atoms with Gasteiger partial charge < -0.3 is 15.5 Å². The average Bonchev–Trinajstić information content (AvgIpc) is 2.81. The van der Waals surface area contributed by atoms with Gasteiger partial charge in [-0.25, -0.2) is 0 Å². The SMILES string of the molecule is CC(=O)NCCCC(=O)Nc1nnc(CC(=O)N(C)C)s1. The van der Waals surface area contributed by atoms with Crippen molar-refractivity contribution in [1.82, 2.24) is 20.4 Å². The third-order valence-corrected chi connectivity index (χ3v) is 3.31. The Labute approximate surface area is 126 Å². The Hall–Kier alpha value is -2.03. The number of aromatic nitrogens is 2. The summed E-state index contributed by atoms with van der Waals surface area (Å²) in [5.41, 5.74) is 0. The molecular weight excluding hydrogens is 294 g/mol. The number of carbonyl (C=O) groups is 3. The number of likely N-dealkylation sites (N-methyl/N-ethyl adjacent to an activating group) is 1. The Balaban J connectivity index is 2.35. The van der Waals surface area contributed by atoms with Crippen molar-refractivity contribution in [3.63, 3.8) is 0 Å². The Morgan fingerprint density at radius 1 is 1.24 bits per heavy atom. The first-order valence-electron chi connectivity index (χ1n) is 6.45. The van der Waals surface area contributed by atoms with Gasteiger partial charge in [0.25, 0.3) is 0 Å². The van der Waals surface area contributed by atoms with E-state index >= 15 is 0 Å². The molecule has 8 nitrogen and oxygen atoms in total. The van der Waals surface area contributed by atoms with Crippen LogP contribution in [0.3, 0.4) is 0 Å². The summed E-state index contributed by atoms with van der Waals surface area (Å²) >= 11 is 1.18. The van der Waals surface area contributed by atoms with Crippen LogP contribution >= 0.6 is 11.3 Å². The van der Waals surface area contributed by atoms with Crippen LogP contribution in [0.15, 0.2) is 0 Å². The summed E-state index contributed by atoms with van der Waals surface area (Å²) in [4.78, 5) is 35.3. The van der Waals surface area contributed by atoms with Gasteiger partial charge in [0.15, 0.2) is 0 Å². The summed E-state index contributed by atoms with van der Waals surface area (Å²) in [5.74, 6) is -0.379. The molecule has 0 saturated heterocycles. The highest BCUT2D eigenvalue weighted by Gasteiger charge is 2.12. The third-order valence-electron chi connectivity index (χ3n) is 2.47. The molecule has 0 aromatic carbocycles. The molecule has 0 aliphatic carbocycles. The second-order valence-corrected chi connectivity index (χ2v) is 5.66. The lowest BCUT2D eigenvalue weighted by atomic mass is 10.3. The molecule has 0 bridgehead atoms. The summed E-state index contributed by atoms with van der Waals surface area (Å²) in [7, 11) is 3.34. The second kappa shape index (κ2) is 8.30. The van der Waals surface area contributed by atoms with Crippen LogP contribution in [0.1, 0.15) is 24.8 Å². The van der Waals surface area contributed by atoms with Crippen LogP contribution < -0.4 is 10.6 Å². The number of amides is 3. The molecule has 0 aliphatic heterocycles. The monoisotopic (exact) mass is 313 g/mol. The maximum atomic E-state index is 11.6. The molecule has 21 heavy (non-hydrogen) atoms. The molecule has 0 atom stereocenters. The molecule has 0 spiro atoms. The molecule has 3 amide bonds. The Kier molecular flexibility index (Phi) is 6.73. The van der Waals surface area contributed by atoms with Crippen molar-refractivity contribution in [2.75, 3.05) is 26.0 Å². The molecule has 1 aromatic heterocycles. The largest absolute Gasteiger partial charge is 0.356 e. The average molecular weight is 313 g/mol. The Morgan fingerprint density at radius 2 is 1.95 bits per heavy atom. The number of anilines is 1. The quantitative estimate of drug-likeness (QED) is 0.691. The number of hydrogen-bond acceptors (Lipinski definition) is 6. The van der Waals surface area contributed by atoms with Crippen molar-refractivity contribution < 1.29 is 14.4 Å². The van der Waals surface area contributed by atoms with Gasteiger partial charge in [-0.05, 0) is 6.42 Å². The first-order chi connectivity index (χ1) is 9.88. The lowest BCUT2D eigenvalue weighted by Gasteiger charge is -2.07. The fourth-order valence-corrected chi connectivity index (χ4v) is 2.11. The highest BCUT2D eigenvalue weighted by atomic mass is 32.1. The zero-order valence-electron chi connectivity index (χ0n) is 12.3. The molecule has 116 valence electrons. The lowest BCUT2D eigenvalue weighted by molar-refractivity contribution is -0.128. The van der Waals surface area contributed by atoms with Crippen molar-refractivity contribution in [3.05, 3.63) is 5.01 Å². The summed E-state index contributed by atoms with van der Waals surface area (Å²) in [6.07, 6.45) is 1.01. The number of carbonyl (C=O) groups excluding carboxylic acids is 3. The van der Waals surface area contributed by atoms with Crippen molar-refractivity contribution in [1.29, 1.82) is 0 Å². The van der Waals surface area contributed by atoms with E-state index < -0.39 is 0 Å². The van der Waals surface area contributed by atoms with E-state index in [0.29, 0.717) is 23.1 Å². The van der Waals surface area contributed by atoms with Gasteiger partial charge in [-0.1, -0.05) is 11.3 Å². The van der Waals surface area contributed by atoms with E-state index in [1.54, 1.807) is 14.1 Å². The Bertz CT molecular complexity index is 515. The summed E-state index contributed by atoms with van der Waals surface area (Å²) in [6, 6.07) is 0. The van der Waals surface area contributed by atoms with Gasteiger partial charge in [0.1, 0.15) is 5.01 Å². The summed E-state index contributed by atoms with van der Waals surface area (Å²) in [6.45, 7) is 1.89. The van der Waals surface area contributed by atoms with Gasteiger partial charge in [0.05, 0.1) is 6.42 Å². The van der Waals surface area contributed by atoms with Crippen molar-refractivity contribution >= 4 is 34.2 Å². The van der Waals surface area contributed by atoms with Crippen molar-refractivity contribution in [2.45, 2.75) is 26.2 Å². The van der Waals surface area contributed by atoms with Crippen LogP contribution in [0.25, 0.3) is 0 Å². The summed E-state index contributed by atoms with van der Waals surface area (Å²) < 4.78 is 0. The van der Waals surface area contributed by atoms with E-state index in [2.05, 4.69) is 20.8 Å². The van der Waals surface area contributed by atoms with Gasteiger partial charge in [-0.3, -0.25) is 14.4 Å². The Morgan fingerprint density at radius 3 is 2.57 bits per heavy atom. The number of nitrogens with one attached hydrogen (secondary N) is 2. The van der Waals surface area contributed by atoms with E-state index in [1.807, 2.05) is 0 Å². The predicted octanol–water partition coefficient (Wildman–Crippen LogP) is 0.0236. The van der Waals surface area contributed by atoms with Gasteiger partial charge in [-0.2, -0.15) is 0 Å². The summed E-state index contributed by atoms with van der Waals surface area (Å²) in [5, 5.41) is 13.9. The van der Waals surface area contributed by atoms with Crippen LogP contribution in [-0.2, 0) is 20.8 Å². The molecular formula is C12H19N5O3S. The molecule has 0 unspecified atom stereocenters. The highest BCUT2D eigenvalue weighted by molar-refractivity contribution is 7.15. The fourth-order valence-electron chi connectivity index (χ4n) is 1.36. The molecule has 1 heterocycles. The smallest absolute Gasteiger partial charge is 0.229 e. The molecule has 0 aliphatic rings. The topological polar surface area (TPSA) is 104 Å². The molecule has 0 fully saturated rings. The maximum absolute atomic E-state index is 11.6. The van der Waals surface area contributed by atoms with Crippen LogP contribution in [-0.4, -0.2) is 53.5 Å². The molecule has 9 heteroatoms. The van der Waals surface area contributed by atoms with Gasteiger partial charge >= 0.3 is 0 Å². The standard InChI is InChI=1S/C12H19N5O3S/c1-8(18)13-6-4-5-9(19)14-12-16-15-10(21-12)7-11(20)17(2)3/h4-7H2,1-3H3,(H,13,18)(H,14,16,19). The third kappa shape index (κ3) is 6.80. The first-order valence-corrected chi connectivity index (χ1v) is 7.27. The minimum Gasteiger partial charge on any atom is -0.356 e. The highest BCUT2D eigenvalue weighted by Crippen LogP contribution is 2.16. The van der Waals surface area contributed by atoms with Gasteiger partial charge in [0, 0.05) is 34.0 Å². The first kappa shape index (κ1) is 17.0.